The number of hydrogen-bond donors (Lipinski definition) is 2. The molecule has 0 saturated carbocycles. The number of hydrogen-bond acceptors (Lipinski definition) is 4. The summed E-state index contributed by atoms with van der Waals surface area (Å²) in [5.41, 5.74) is 2.97. The zero-order valence-corrected chi connectivity index (χ0v) is 8.26. The predicted octanol–water partition coefficient (Wildman–Crippen LogP) is 0.679. The van der Waals surface area contributed by atoms with Crippen LogP contribution in [0, 0.1) is 5.41 Å². The lowest BCUT2D eigenvalue weighted by atomic mass is 9.93. The topological polar surface area (TPSA) is 45.6 Å². The van der Waals surface area contributed by atoms with Gasteiger partial charge < -0.3 is 5.32 Å². The molecule has 1 aliphatic rings. The van der Waals surface area contributed by atoms with Gasteiger partial charge in [-0.15, -0.1) is 6.58 Å². The van der Waals surface area contributed by atoms with E-state index in [1.54, 1.807) is 6.08 Å². The van der Waals surface area contributed by atoms with Crippen LogP contribution >= 0.6 is 0 Å². The summed E-state index contributed by atoms with van der Waals surface area (Å²) in [6.07, 6.45) is 1.68. The number of guanidine groups is 1. The summed E-state index contributed by atoms with van der Waals surface area (Å²) in [7, 11) is 0. The van der Waals surface area contributed by atoms with Crippen LogP contribution < -0.4 is 10.8 Å². The van der Waals surface area contributed by atoms with Crippen molar-refractivity contribution in [3.63, 3.8) is 0 Å². The normalized spacial score (nSPS) is 20.0. The molecule has 1 rings (SSSR count). The highest BCUT2D eigenvalue weighted by Gasteiger charge is 2.21. The minimum atomic E-state index is 0.240. The van der Waals surface area contributed by atoms with E-state index >= 15 is 0 Å². The van der Waals surface area contributed by atoms with Gasteiger partial charge in [0, 0.05) is 18.5 Å². The maximum absolute atomic E-state index is 5.03. The summed E-state index contributed by atoms with van der Waals surface area (Å²) in [4.78, 5) is 9.32. The summed E-state index contributed by atoms with van der Waals surface area (Å²) >= 11 is 0. The van der Waals surface area contributed by atoms with Gasteiger partial charge in [-0.1, -0.05) is 19.9 Å². The van der Waals surface area contributed by atoms with Crippen molar-refractivity contribution in [2.24, 2.45) is 10.4 Å². The molecule has 0 aromatic carbocycles. The van der Waals surface area contributed by atoms with Gasteiger partial charge >= 0.3 is 0 Å². The zero-order chi connectivity index (χ0) is 9.73. The van der Waals surface area contributed by atoms with Gasteiger partial charge in [0.25, 0.3) is 0 Å². The molecule has 4 heteroatoms. The zero-order valence-electron chi connectivity index (χ0n) is 8.26. The maximum Gasteiger partial charge on any atom is 0.215 e. The minimum Gasteiger partial charge on any atom is -0.354 e. The molecule has 0 saturated heterocycles. The molecular weight excluding hydrogens is 166 g/mol. The second-order valence-corrected chi connectivity index (χ2v) is 3.88. The first-order chi connectivity index (χ1) is 6.14. The van der Waals surface area contributed by atoms with Gasteiger partial charge in [0.1, 0.15) is 0 Å². The SMILES string of the molecule is C=CCONC1=NCC(C)(C)CN1. The van der Waals surface area contributed by atoms with Crippen molar-refractivity contribution < 1.29 is 4.84 Å². The largest absolute Gasteiger partial charge is 0.354 e. The van der Waals surface area contributed by atoms with Gasteiger partial charge in [-0.2, -0.15) is 0 Å². The highest BCUT2D eigenvalue weighted by atomic mass is 16.6. The highest BCUT2D eigenvalue weighted by Crippen LogP contribution is 2.15. The summed E-state index contributed by atoms with van der Waals surface area (Å²) in [6, 6.07) is 0. The molecule has 74 valence electrons. The number of nitrogens with zero attached hydrogens (tertiary/aromatic N) is 1. The number of hydroxylamine groups is 1. The van der Waals surface area contributed by atoms with Gasteiger partial charge in [0.2, 0.25) is 5.96 Å². The van der Waals surface area contributed by atoms with E-state index in [1.165, 1.54) is 0 Å². The lowest BCUT2D eigenvalue weighted by molar-refractivity contribution is 0.105. The molecule has 0 unspecified atom stereocenters. The first kappa shape index (κ1) is 10.1. The van der Waals surface area contributed by atoms with Gasteiger partial charge in [0.15, 0.2) is 0 Å². The molecule has 13 heavy (non-hydrogen) atoms. The molecular formula is C9H17N3O. The van der Waals surface area contributed by atoms with Crippen LogP contribution in [-0.2, 0) is 4.84 Å². The van der Waals surface area contributed by atoms with Crippen molar-refractivity contribution in [2.75, 3.05) is 19.7 Å². The molecule has 0 bridgehead atoms. The molecule has 1 heterocycles. The second kappa shape index (κ2) is 4.28. The van der Waals surface area contributed by atoms with E-state index in [4.69, 9.17) is 4.84 Å². The Morgan fingerprint density at radius 2 is 2.54 bits per heavy atom. The third-order valence-corrected chi connectivity index (χ3v) is 1.77. The van der Waals surface area contributed by atoms with Gasteiger partial charge in [-0.25, -0.2) is 5.48 Å². The molecule has 0 amide bonds. The maximum atomic E-state index is 5.03. The van der Waals surface area contributed by atoms with E-state index in [-0.39, 0.29) is 5.41 Å². The van der Waals surface area contributed by atoms with Crippen LogP contribution in [0.2, 0.25) is 0 Å². The lowest BCUT2D eigenvalue weighted by Gasteiger charge is -2.28. The van der Waals surface area contributed by atoms with Crippen molar-refractivity contribution in [2.45, 2.75) is 13.8 Å². The van der Waals surface area contributed by atoms with Crippen molar-refractivity contribution in [1.29, 1.82) is 0 Å². The molecule has 0 atom stereocenters. The standard InChI is InChI=1S/C9H17N3O/c1-4-5-13-12-8-10-6-9(2,3)7-11-8/h4H,1,5-7H2,2-3H3,(H2,10,11,12). The molecule has 1 aliphatic heterocycles. The summed E-state index contributed by atoms with van der Waals surface area (Å²) in [6.45, 7) is 10.1. The Morgan fingerprint density at radius 3 is 3.08 bits per heavy atom. The molecule has 0 spiro atoms. The van der Waals surface area contributed by atoms with Gasteiger partial charge in [-0.05, 0) is 0 Å². The van der Waals surface area contributed by atoms with E-state index in [1.807, 2.05) is 0 Å². The fourth-order valence-corrected chi connectivity index (χ4v) is 0.965. The van der Waals surface area contributed by atoms with Crippen LogP contribution in [0.5, 0.6) is 0 Å². The van der Waals surface area contributed by atoms with Crippen LogP contribution in [0.3, 0.4) is 0 Å². The Hall–Kier alpha value is -1.03. The molecule has 0 aromatic rings. The average Bonchev–Trinajstić information content (AvgIpc) is 2.08. The predicted molar refractivity (Wildman–Crippen MR) is 53.4 cm³/mol. The van der Waals surface area contributed by atoms with E-state index in [0.717, 1.165) is 13.1 Å². The Morgan fingerprint density at radius 1 is 1.77 bits per heavy atom. The number of rotatable bonds is 3. The van der Waals surface area contributed by atoms with Crippen molar-refractivity contribution in [1.82, 2.24) is 10.8 Å². The second-order valence-electron chi connectivity index (χ2n) is 3.88. The fourth-order valence-electron chi connectivity index (χ4n) is 0.965. The first-order valence-corrected chi connectivity index (χ1v) is 4.41. The van der Waals surface area contributed by atoms with Crippen molar-refractivity contribution in [3.8, 4) is 0 Å². The van der Waals surface area contributed by atoms with Crippen LogP contribution in [0.15, 0.2) is 17.6 Å². The van der Waals surface area contributed by atoms with Crippen LogP contribution in [0.4, 0.5) is 0 Å². The van der Waals surface area contributed by atoms with E-state index in [2.05, 4.69) is 36.2 Å². The quantitative estimate of drug-likeness (QED) is 0.384. The molecule has 0 aromatic heterocycles. The van der Waals surface area contributed by atoms with Crippen molar-refractivity contribution in [3.05, 3.63) is 12.7 Å². The Bertz CT molecular complexity index is 211. The van der Waals surface area contributed by atoms with Crippen molar-refractivity contribution >= 4 is 5.96 Å². The minimum absolute atomic E-state index is 0.240. The smallest absolute Gasteiger partial charge is 0.215 e. The summed E-state index contributed by atoms with van der Waals surface area (Å²) < 4.78 is 0. The highest BCUT2D eigenvalue weighted by molar-refractivity contribution is 5.79. The van der Waals surface area contributed by atoms with Gasteiger partial charge in [0.05, 0.1) is 6.61 Å². The van der Waals surface area contributed by atoms with Crippen LogP contribution in [0.1, 0.15) is 13.8 Å². The summed E-state index contributed by atoms with van der Waals surface area (Å²) in [5.74, 6) is 0.709. The Labute approximate surface area is 79.0 Å². The first-order valence-electron chi connectivity index (χ1n) is 4.41. The Balaban J connectivity index is 2.29. The average molecular weight is 183 g/mol. The van der Waals surface area contributed by atoms with Gasteiger partial charge in [-0.3, -0.25) is 9.83 Å². The molecule has 2 N–H and O–H groups in total. The van der Waals surface area contributed by atoms with E-state index in [9.17, 15) is 0 Å². The summed E-state index contributed by atoms with van der Waals surface area (Å²) in [5, 5.41) is 3.15. The lowest BCUT2D eigenvalue weighted by Crippen LogP contribution is -2.47. The Kier molecular flexibility index (Phi) is 3.31. The number of nitrogens with one attached hydrogen (secondary N) is 2. The third-order valence-electron chi connectivity index (χ3n) is 1.77. The van der Waals surface area contributed by atoms with Crippen LogP contribution in [0.25, 0.3) is 0 Å². The van der Waals surface area contributed by atoms with Crippen LogP contribution in [-0.4, -0.2) is 25.7 Å². The monoisotopic (exact) mass is 183 g/mol. The number of aliphatic imine (C=N–C) groups is 1. The third kappa shape index (κ3) is 3.46. The van der Waals surface area contributed by atoms with E-state index in [0.29, 0.717) is 12.6 Å². The van der Waals surface area contributed by atoms with E-state index < -0.39 is 0 Å². The molecule has 0 fully saturated rings. The molecule has 0 radical (unpaired) electrons. The fraction of sp³-hybridized carbons (Fsp3) is 0.667. The molecule has 0 aliphatic carbocycles. The molecule has 4 nitrogen and oxygen atoms in total.